The molecule has 5 N–H and O–H groups in total. The Kier molecular flexibility index (Phi) is 5.43. The lowest BCUT2D eigenvalue weighted by molar-refractivity contribution is 0.236. The van der Waals surface area contributed by atoms with E-state index in [1.54, 1.807) is 0 Å². The number of rotatable bonds is 4. The molecule has 0 heterocycles. The number of nitrogens with one attached hydrogen (secondary N) is 2. The first kappa shape index (κ1) is 12.5. The van der Waals surface area contributed by atoms with Crippen molar-refractivity contribution < 1.29 is 10.0 Å². The third-order valence-corrected chi connectivity index (χ3v) is 1.61. The Bertz CT molecular complexity index is 215. The van der Waals surface area contributed by atoms with E-state index in [9.17, 15) is 4.79 Å². The highest BCUT2D eigenvalue weighted by molar-refractivity contribution is 5.89. The van der Waals surface area contributed by atoms with Crippen LogP contribution in [-0.2, 0) is 0 Å². The average molecular weight is 202 g/mol. The van der Waals surface area contributed by atoms with Gasteiger partial charge in [0, 0.05) is 6.04 Å². The predicted molar refractivity (Wildman–Crippen MR) is 54.3 cm³/mol. The number of hydrogen-bond acceptors (Lipinski definition) is 3. The van der Waals surface area contributed by atoms with Crippen LogP contribution in [-0.4, -0.2) is 29.2 Å². The summed E-state index contributed by atoms with van der Waals surface area (Å²) >= 11 is 0. The second-order valence-electron chi connectivity index (χ2n) is 3.26. The van der Waals surface area contributed by atoms with E-state index in [1.807, 2.05) is 20.8 Å². The number of urea groups is 1. The Morgan fingerprint density at radius 3 is 2.43 bits per heavy atom. The maximum Gasteiger partial charge on any atom is 0.315 e. The largest absolute Gasteiger partial charge is 0.409 e. The van der Waals surface area contributed by atoms with E-state index in [1.165, 1.54) is 0 Å². The van der Waals surface area contributed by atoms with E-state index in [2.05, 4.69) is 15.8 Å². The average Bonchev–Trinajstić information content (AvgIpc) is 2.11. The van der Waals surface area contributed by atoms with Gasteiger partial charge < -0.3 is 21.6 Å². The van der Waals surface area contributed by atoms with Crippen LogP contribution in [0.4, 0.5) is 4.79 Å². The van der Waals surface area contributed by atoms with Crippen molar-refractivity contribution in [2.24, 2.45) is 10.9 Å². The second kappa shape index (κ2) is 6.06. The van der Waals surface area contributed by atoms with Crippen molar-refractivity contribution in [3.8, 4) is 0 Å². The first-order valence-electron chi connectivity index (χ1n) is 4.55. The van der Waals surface area contributed by atoms with Crippen LogP contribution >= 0.6 is 0 Å². The minimum Gasteiger partial charge on any atom is -0.409 e. The number of oxime groups is 1. The zero-order valence-corrected chi connectivity index (χ0v) is 8.74. The highest BCUT2D eigenvalue weighted by Gasteiger charge is 2.14. The number of carbonyl (C=O) groups excluding carboxylic acids is 1. The lowest BCUT2D eigenvalue weighted by Gasteiger charge is -2.17. The number of hydrogen-bond donors (Lipinski definition) is 4. The van der Waals surface area contributed by atoms with Crippen LogP contribution in [0.1, 0.15) is 27.2 Å². The van der Waals surface area contributed by atoms with Gasteiger partial charge in [-0.15, -0.1) is 0 Å². The highest BCUT2D eigenvalue weighted by Crippen LogP contribution is 1.91. The summed E-state index contributed by atoms with van der Waals surface area (Å²) in [5.41, 5.74) is 5.36. The number of amidine groups is 1. The molecule has 1 atom stereocenters. The van der Waals surface area contributed by atoms with Crippen molar-refractivity contribution in [2.75, 3.05) is 0 Å². The highest BCUT2D eigenvalue weighted by atomic mass is 16.4. The topological polar surface area (TPSA) is 99.7 Å². The minimum atomic E-state index is -0.432. The Morgan fingerprint density at radius 2 is 2.07 bits per heavy atom. The fraction of sp³-hybridized carbons (Fsp3) is 0.750. The van der Waals surface area contributed by atoms with Crippen molar-refractivity contribution in [1.29, 1.82) is 0 Å². The quantitative estimate of drug-likeness (QED) is 0.227. The summed E-state index contributed by atoms with van der Waals surface area (Å²) in [6, 6.07) is -0.697. The molecule has 0 aromatic heterocycles. The predicted octanol–water partition coefficient (Wildman–Crippen LogP) is 0.219. The van der Waals surface area contributed by atoms with E-state index in [0.717, 1.165) is 0 Å². The molecule has 0 fully saturated rings. The fourth-order valence-corrected chi connectivity index (χ4v) is 0.917. The summed E-state index contributed by atoms with van der Waals surface area (Å²) in [7, 11) is 0. The molecule has 0 saturated heterocycles. The molecular weight excluding hydrogens is 184 g/mol. The van der Waals surface area contributed by atoms with E-state index in [0.29, 0.717) is 6.42 Å². The number of nitrogens with zero attached hydrogens (tertiary/aromatic N) is 1. The van der Waals surface area contributed by atoms with Gasteiger partial charge in [-0.25, -0.2) is 4.79 Å². The third-order valence-electron chi connectivity index (χ3n) is 1.61. The summed E-state index contributed by atoms with van der Waals surface area (Å²) in [6.07, 6.45) is 0.571. The molecular formula is C8H18N4O2. The van der Waals surface area contributed by atoms with Crippen molar-refractivity contribution in [2.45, 2.75) is 39.3 Å². The molecule has 0 aromatic carbocycles. The Balaban J connectivity index is 4.12. The Labute approximate surface area is 83.5 Å². The molecule has 0 rings (SSSR count). The number of amides is 2. The molecule has 2 amide bonds. The number of nitrogens with two attached hydrogens (primary N) is 1. The molecule has 0 saturated carbocycles. The van der Waals surface area contributed by atoms with Gasteiger partial charge in [0.05, 0.1) is 6.04 Å². The lowest BCUT2D eigenvalue weighted by atomic mass is 10.2. The summed E-state index contributed by atoms with van der Waals surface area (Å²) < 4.78 is 0. The molecule has 0 bridgehead atoms. The molecule has 0 spiro atoms. The van der Waals surface area contributed by atoms with Crippen LogP contribution in [0.25, 0.3) is 0 Å². The fourth-order valence-electron chi connectivity index (χ4n) is 0.917. The van der Waals surface area contributed by atoms with Gasteiger partial charge in [-0.3, -0.25) is 0 Å². The van der Waals surface area contributed by atoms with Gasteiger partial charge in [-0.2, -0.15) is 0 Å². The molecule has 6 nitrogen and oxygen atoms in total. The smallest absolute Gasteiger partial charge is 0.315 e. The van der Waals surface area contributed by atoms with Gasteiger partial charge in [0.15, 0.2) is 5.84 Å². The molecule has 0 aliphatic heterocycles. The van der Waals surface area contributed by atoms with E-state index in [4.69, 9.17) is 10.9 Å². The van der Waals surface area contributed by atoms with Crippen molar-refractivity contribution in [1.82, 2.24) is 10.6 Å². The summed E-state index contributed by atoms with van der Waals surface area (Å²) in [4.78, 5) is 11.2. The summed E-state index contributed by atoms with van der Waals surface area (Å²) in [5.74, 6) is 0.00593. The normalized spacial score (nSPS) is 13.9. The van der Waals surface area contributed by atoms with E-state index >= 15 is 0 Å². The van der Waals surface area contributed by atoms with E-state index < -0.39 is 6.04 Å². The summed E-state index contributed by atoms with van der Waals surface area (Å²) in [6.45, 7) is 5.53. The van der Waals surface area contributed by atoms with Crippen LogP contribution in [0.5, 0.6) is 0 Å². The van der Waals surface area contributed by atoms with Gasteiger partial charge >= 0.3 is 6.03 Å². The van der Waals surface area contributed by atoms with Gasteiger partial charge in [-0.05, 0) is 20.3 Å². The van der Waals surface area contributed by atoms with Gasteiger partial charge in [-0.1, -0.05) is 12.1 Å². The van der Waals surface area contributed by atoms with Gasteiger partial charge in [0.25, 0.3) is 0 Å². The standard InChI is InChI=1S/C8H18N4O2/c1-4-6(7(9)12-14)11-8(13)10-5(2)3/h5-6,14H,4H2,1-3H3,(H2,9,12)(H2,10,11,13). The van der Waals surface area contributed by atoms with Crippen molar-refractivity contribution in [3.05, 3.63) is 0 Å². The van der Waals surface area contributed by atoms with Crippen LogP contribution in [0.3, 0.4) is 0 Å². The maximum absolute atomic E-state index is 11.2. The van der Waals surface area contributed by atoms with E-state index in [-0.39, 0.29) is 17.9 Å². The molecule has 1 unspecified atom stereocenters. The molecule has 14 heavy (non-hydrogen) atoms. The SMILES string of the molecule is CCC(NC(=O)NC(C)C)/C(N)=N/O. The molecule has 82 valence electrons. The summed E-state index contributed by atoms with van der Waals surface area (Å²) in [5, 5.41) is 16.5. The van der Waals surface area contributed by atoms with Gasteiger partial charge in [0.1, 0.15) is 0 Å². The Morgan fingerprint density at radius 1 is 1.50 bits per heavy atom. The van der Waals surface area contributed by atoms with Crippen LogP contribution in [0, 0.1) is 0 Å². The number of carbonyl (C=O) groups is 1. The van der Waals surface area contributed by atoms with Crippen molar-refractivity contribution in [3.63, 3.8) is 0 Å². The monoisotopic (exact) mass is 202 g/mol. The van der Waals surface area contributed by atoms with Crippen molar-refractivity contribution >= 4 is 11.9 Å². The molecule has 0 radical (unpaired) electrons. The molecule has 6 heteroatoms. The minimum absolute atomic E-state index is 0.00593. The zero-order valence-electron chi connectivity index (χ0n) is 8.74. The zero-order chi connectivity index (χ0) is 11.1. The van der Waals surface area contributed by atoms with Crippen LogP contribution in [0.15, 0.2) is 5.16 Å². The third kappa shape index (κ3) is 4.54. The lowest BCUT2D eigenvalue weighted by Crippen LogP contribution is -2.49. The molecule has 0 aliphatic rings. The van der Waals surface area contributed by atoms with Crippen LogP contribution < -0.4 is 16.4 Å². The second-order valence-corrected chi connectivity index (χ2v) is 3.26. The van der Waals surface area contributed by atoms with Crippen LogP contribution in [0.2, 0.25) is 0 Å². The Hall–Kier alpha value is -1.46. The first-order chi connectivity index (χ1) is 6.51. The molecule has 0 aromatic rings. The maximum atomic E-state index is 11.2. The molecule has 0 aliphatic carbocycles. The first-order valence-corrected chi connectivity index (χ1v) is 4.55. The van der Waals surface area contributed by atoms with Gasteiger partial charge in [0.2, 0.25) is 0 Å².